The minimum atomic E-state index is -4.47. The van der Waals surface area contributed by atoms with Crippen molar-refractivity contribution in [2.45, 2.75) is 32.0 Å². The Bertz CT molecular complexity index is 406. The molecule has 2 unspecified atom stereocenters. The zero-order valence-corrected chi connectivity index (χ0v) is 10.8. The van der Waals surface area contributed by atoms with Crippen molar-refractivity contribution in [2.24, 2.45) is 11.7 Å². The molecule has 2 rings (SSSR count). The van der Waals surface area contributed by atoms with E-state index in [-0.39, 0.29) is 6.04 Å². The smallest absolute Gasteiger partial charge is 0.346 e. The number of aromatic nitrogens is 2. The van der Waals surface area contributed by atoms with E-state index in [2.05, 4.69) is 9.36 Å². The standard InChI is InChI=1S/C10H15F3N4S/c1-2-6-5-17(4-3-7(6)14)9-15-8(16-18-9)10(11,12)13/h6-7H,2-5,14H2,1H3. The van der Waals surface area contributed by atoms with E-state index >= 15 is 0 Å². The van der Waals surface area contributed by atoms with Gasteiger partial charge in [-0.25, -0.2) is 0 Å². The van der Waals surface area contributed by atoms with E-state index in [1.165, 1.54) is 0 Å². The van der Waals surface area contributed by atoms with E-state index in [1.807, 2.05) is 11.8 Å². The molecule has 2 atom stereocenters. The van der Waals surface area contributed by atoms with E-state index < -0.39 is 12.0 Å². The lowest BCUT2D eigenvalue weighted by Crippen LogP contribution is -2.47. The first kappa shape index (κ1) is 13.5. The minimum Gasteiger partial charge on any atom is -0.346 e. The van der Waals surface area contributed by atoms with Gasteiger partial charge < -0.3 is 10.6 Å². The van der Waals surface area contributed by atoms with Crippen molar-refractivity contribution in [1.29, 1.82) is 0 Å². The number of rotatable bonds is 2. The number of hydrogen-bond donors (Lipinski definition) is 1. The molecule has 2 N–H and O–H groups in total. The Morgan fingerprint density at radius 1 is 1.50 bits per heavy atom. The van der Waals surface area contributed by atoms with Gasteiger partial charge >= 0.3 is 6.18 Å². The Balaban J connectivity index is 2.10. The third kappa shape index (κ3) is 2.74. The fraction of sp³-hybridized carbons (Fsp3) is 0.800. The quantitative estimate of drug-likeness (QED) is 0.901. The molecule has 0 aromatic carbocycles. The van der Waals surface area contributed by atoms with Crippen LogP contribution >= 0.6 is 11.5 Å². The Labute approximate surface area is 107 Å². The summed E-state index contributed by atoms with van der Waals surface area (Å²) in [5.74, 6) is -0.748. The van der Waals surface area contributed by atoms with E-state index in [1.54, 1.807) is 0 Å². The van der Waals surface area contributed by atoms with Gasteiger partial charge in [-0.1, -0.05) is 13.3 Å². The van der Waals surface area contributed by atoms with Crippen LogP contribution in [0.3, 0.4) is 0 Å². The number of piperidine rings is 1. The highest BCUT2D eigenvalue weighted by molar-refractivity contribution is 7.09. The van der Waals surface area contributed by atoms with Gasteiger partial charge in [0.25, 0.3) is 0 Å². The molecule has 2 heterocycles. The van der Waals surface area contributed by atoms with Crippen LogP contribution in [0.2, 0.25) is 0 Å². The maximum absolute atomic E-state index is 12.4. The summed E-state index contributed by atoms with van der Waals surface area (Å²) in [7, 11) is 0. The second kappa shape index (κ2) is 5.00. The summed E-state index contributed by atoms with van der Waals surface area (Å²) >= 11 is 0.801. The number of nitrogens with two attached hydrogens (primary N) is 1. The van der Waals surface area contributed by atoms with Crippen molar-refractivity contribution in [1.82, 2.24) is 9.36 Å². The molecule has 0 amide bonds. The van der Waals surface area contributed by atoms with Crippen molar-refractivity contribution >= 4 is 16.7 Å². The third-order valence-electron chi connectivity index (χ3n) is 3.26. The van der Waals surface area contributed by atoms with Gasteiger partial charge in [0.05, 0.1) is 0 Å². The average Bonchev–Trinajstić information content (AvgIpc) is 2.78. The molecule has 0 radical (unpaired) electrons. The second-order valence-corrected chi connectivity index (χ2v) is 5.20. The van der Waals surface area contributed by atoms with Crippen LogP contribution in [-0.4, -0.2) is 28.5 Å². The number of hydrogen-bond acceptors (Lipinski definition) is 5. The topological polar surface area (TPSA) is 55.0 Å². The van der Waals surface area contributed by atoms with Crippen LogP contribution in [0.25, 0.3) is 0 Å². The molecule has 1 aliphatic rings. The highest BCUT2D eigenvalue weighted by Crippen LogP contribution is 2.32. The van der Waals surface area contributed by atoms with Gasteiger partial charge in [0, 0.05) is 30.7 Å². The van der Waals surface area contributed by atoms with E-state index in [9.17, 15) is 13.2 Å². The van der Waals surface area contributed by atoms with Gasteiger partial charge in [-0.3, -0.25) is 0 Å². The summed E-state index contributed by atoms with van der Waals surface area (Å²) in [6.07, 6.45) is -2.77. The molecule has 18 heavy (non-hydrogen) atoms. The van der Waals surface area contributed by atoms with Gasteiger partial charge in [0.15, 0.2) is 0 Å². The molecule has 1 fully saturated rings. The fourth-order valence-electron chi connectivity index (χ4n) is 2.12. The van der Waals surface area contributed by atoms with Gasteiger partial charge in [-0.15, -0.1) is 0 Å². The summed E-state index contributed by atoms with van der Waals surface area (Å²) in [4.78, 5) is 5.42. The molecule has 4 nitrogen and oxygen atoms in total. The minimum absolute atomic E-state index is 0.126. The molecular weight excluding hydrogens is 265 g/mol. The maximum Gasteiger partial charge on any atom is 0.452 e. The Kier molecular flexibility index (Phi) is 3.76. The van der Waals surface area contributed by atoms with Crippen molar-refractivity contribution < 1.29 is 13.2 Å². The monoisotopic (exact) mass is 280 g/mol. The molecule has 0 spiro atoms. The predicted molar refractivity (Wildman–Crippen MR) is 63.5 cm³/mol. The first-order valence-corrected chi connectivity index (χ1v) is 6.60. The van der Waals surface area contributed by atoms with Crippen LogP contribution in [-0.2, 0) is 6.18 Å². The molecule has 1 saturated heterocycles. The second-order valence-electron chi connectivity index (χ2n) is 4.47. The highest BCUT2D eigenvalue weighted by Gasteiger charge is 2.37. The van der Waals surface area contributed by atoms with Crippen LogP contribution in [0.5, 0.6) is 0 Å². The van der Waals surface area contributed by atoms with Crippen molar-refractivity contribution in [3.05, 3.63) is 5.82 Å². The van der Waals surface area contributed by atoms with Crippen molar-refractivity contribution in [2.75, 3.05) is 18.0 Å². The third-order valence-corrected chi connectivity index (χ3v) is 4.03. The summed E-state index contributed by atoms with van der Waals surface area (Å²) in [5.41, 5.74) is 5.96. The molecule has 1 aromatic rings. The first-order valence-electron chi connectivity index (χ1n) is 5.83. The summed E-state index contributed by atoms with van der Waals surface area (Å²) < 4.78 is 40.6. The van der Waals surface area contributed by atoms with E-state index in [0.717, 1.165) is 24.4 Å². The molecular formula is C10H15F3N4S. The van der Waals surface area contributed by atoms with Crippen LogP contribution < -0.4 is 10.6 Å². The molecule has 0 bridgehead atoms. The zero-order valence-electron chi connectivity index (χ0n) is 9.94. The Morgan fingerprint density at radius 2 is 2.22 bits per heavy atom. The molecule has 102 valence electrons. The Hall–Kier alpha value is -0.890. The van der Waals surface area contributed by atoms with Crippen molar-refractivity contribution in [3.8, 4) is 0 Å². The van der Waals surface area contributed by atoms with Crippen LogP contribution in [0.4, 0.5) is 18.3 Å². The lowest BCUT2D eigenvalue weighted by molar-refractivity contribution is -0.144. The molecule has 1 aromatic heterocycles. The van der Waals surface area contributed by atoms with E-state index in [4.69, 9.17) is 5.73 Å². The van der Waals surface area contributed by atoms with Crippen LogP contribution in [0, 0.1) is 5.92 Å². The van der Waals surface area contributed by atoms with Crippen molar-refractivity contribution in [3.63, 3.8) is 0 Å². The van der Waals surface area contributed by atoms with Crippen LogP contribution in [0.15, 0.2) is 0 Å². The van der Waals surface area contributed by atoms with Gasteiger partial charge in [0.2, 0.25) is 11.0 Å². The first-order chi connectivity index (χ1) is 8.41. The Morgan fingerprint density at radius 3 is 2.78 bits per heavy atom. The number of nitrogens with zero attached hydrogens (tertiary/aromatic N) is 3. The molecule has 0 aliphatic carbocycles. The lowest BCUT2D eigenvalue weighted by atomic mass is 9.91. The fourth-order valence-corrected chi connectivity index (χ4v) is 2.84. The maximum atomic E-state index is 12.4. The molecule has 0 saturated carbocycles. The van der Waals surface area contributed by atoms with Crippen LogP contribution in [0.1, 0.15) is 25.6 Å². The molecule has 1 aliphatic heterocycles. The summed E-state index contributed by atoms with van der Waals surface area (Å²) in [5, 5.41) is 0.340. The SMILES string of the molecule is CCC1CN(c2nc(C(F)(F)F)ns2)CCC1N. The largest absolute Gasteiger partial charge is 0.452 e. The number of halogens is 3. The lowest BCUT2D eigenvalue weighted by Gasteiger charge is -2.36. The van der Waals surface area contributed by atoms with Gasteiger partial charge in [-0.05, 0) is 12.3 Å². The zero-order chi connectivity index (χ0) is 13.3. The summed E-state index contributed by atoms with van der Waals surface area (Å²) in [6.45, 7) is 3.34. The van der Waals surface area contributed by atoms with E-state index in [0.29, 0.717) is 24.1 Å². The average molecular weight is 280 g/mol. The molecule has 8 heteroatoms. The van der Waals surface area contributed by atoms with Gasteiger partial charge in [0.1, 0.15) is 0 Å². The van der Waals surface area contributed by atoms with Gasteiger partial charge in [-0.2, -0.15) is 22.5 Å². The predicted octanol–water partition coefficient (Wildman–Crippen LogP) is 2.12. The summed E-state index contributed by atoms with van der Waals surface area (Å²) in [6, 6.07) is 0.126. The number of alkyl halides is 3. The normalized spacial score (nSPS) is 25.5. The number of anilines is 1. The highest BCUT2D eigenvalue weighted by atomic mass is 32.1.